The highest BCUT2D eigenvalue weighted by Crippen LogP contribution is 2.23. The predicted molar refractivity (Wildman–Crippen MR) is 105 cm³/mol. The summed E-state index contributed by atoms with van der Waals surface area (Å²) < 4.78 is 11.1. The Morgan fingerprint density at radius 2 is 1.93 bits per heavy atom. The maximum atomic E-state index is 13.4. The summed E-state index contributed by atoms with van der Waals surface area (Å²) in [7, 11) is 0. The third-order valence-corrected chi connectivity index (χ3v) is 4.43. The number of alkyl carbamates (subject to hydrolysis) is 1. The van der Waals surface area contributed by atoms with E-state index < -0.39 is 23.3 Å². The van der Waals surface area contributed by atoms with Crippen LogP contribution in [0, 0.1) is 0 Å². The molecule has 0 aromatic heterocycles. The van der Waals surface area contributed by atoms with Crippen LogP contribution in [0.25, 0.3) is 0 Å². The van der Waals surface area contributed by atoms with Gasteiger partial charge in [-0.15, -0.1) is 0 Å². The van der Waals surface area contributed by atoms with E-state index in [-0.39, 0.29) is 12.0 Å². The van der Waals surface area contributed by atoms with Crippen molar-refractivity contribution in [2.24, 2.45) is 0 Å². The molecule has 0 saturated carbocycles. The van der Waals surface area contributed by atoms with Gasteiger partial charge in [-0.1, -0.05) is 30.3 Å². The highest BCUT2D eigenvalue weighted by molar-refractivity contribution is 5.86. The van der Waals surface area contributed by atoms with Gasteiger partial charge in [0, 0.05) is 13.0 Å². The molecule has 1 aromatic carbocycles. The summed E-state index contributed by atoms with van der Waals surface area (Å²) in [6.45, 7) is 12.3. The number of amides is 2. The van der Waals surface area contributed by atoms with Crippen molar-refractivity contribution in [1.29, 1.82) is 0 Å². The SMILES string of the molecule is CC1CN(C(=O)C(Cc2ccccc2)NC(=O)OC(C)(C)C)C(C)(C)CO1. The molecule has 0 radical (unpaired) electrons. The van der Waals surface area contributed by atoms with E-state index in [1.54, 1.807) is 20.8 Å². The van der Waals surface area contributed by atoms with E-state index in [4.69, 9.17) is 9.47 Å². The molecular formula is C21H32N2O4. The van der Waals surface area contributed by atoms with Crippen LogP contribution in [0.1, 0.15) is 47.1 Å². The van der Waals surface area contributed by atoms with Crippen molar-refractivity contribution in [3.05, 3.63) is 35.9 Å². The second-order valence-corrected chi connectivity index (χ2v) is 8.77. The normalized spacial score (nSPS) is 20.7. The molecular weight excluding hydrogens is 344 g/mol. The predicted octanol–water partition coefficient (Wildman–Crippen LogP) is 3.15. The lowest BCUT2D eigenvalue weighted by Gasteiger charge is -2.46. The van der Waals surface area contributed by atoms with Crippen LogP contribution in [0.4, 0.5) is 4.79 Å². The molecule has 1 aliphatic rings. The lowest BCUT2D eigenvalue weighted by atomic mass is 9.97. The highest BCUT2D eigenvalue weighted by atomic mass is 16.6. The average Bonchev–Trinajstić information content (AvgIpc) is 2.55. The first-order chi connectivity index (χ1) is 12.5. The molecule has 2 amide bonds. The largest absolute Gasteiger partial charge is 0.444 e. The summed E-state index contributed by atoms with van der Waals surface area (Å²) in [6.07, 6.45) is -0.224. The van der Waals surface area contributed by atoms with Crippen molar-refractivity contribution in [3.8, 4) is 0 Å². The molecule has 6 heteroatoms. The molecule has 0 bridgehead atoms. The van der Waals surface area contributed by atoms with E-state index in [1.165, 1.54) is 0 Å². The minimum absolute atomic E-state index is 0.0409. The topological polar surface area (TPSA) is 67.9 Å². The lowest BCUT2D eigenvalue weighted by molar-refractivity contribution is -0.155. The zero-order chi connectivity index (χ0) is 20.2. The van der Waals surface area contributed by atoms with E-state index in [1.807, 2.05) is 56.0 Å². The average molecular weight is 376 g/mol. The quantitative estimate of drug-likeness (QED) is 0.877. The van der Waals surface area contributed by atoms with E-state index in [9.17, 15) is 9.59 Å². The summed E-state index contributed by atoms with van der Waals surface area (Å²) in [5.74, 6) is -0.120. The number of morpholine rings is 1. The van der Waals surface area contributed by atoms with Gasteiger partial charge >= 0.3 is 6.09 Å². The van der Waals surface area contributed by atoms with Gasteiger partial charge in [0.2, 0.25) is 5.91 Å². The maximum absolute atomic E-state index is 13.4. The van der Waals surface area contributed by atoms with Crippen LogP contribution in [0.15, 0.2) is 30.3 Å². The fourth-order valence-electron chi connectivity index (χ4n) is 3.06. The first-order valence-corrected chi connectivity index (χ1v) is 9.44. The fraction of sp³-hybridized carbons (Fsp3) is 0.619. The summed E-state index contributed by atoms with van der Waals surface area (Å²) in [4.78, 5) is 27.5. The second kappa shape index (κ2) is 8.30. The summed E-state index contributed by atoms with van der Waals surface area (Å²) in [6, 6.07) is 8.96. The molecule has 6 nitrogen and oxygen atoms in total. The van der Waals surface area contributed by atoms with Gasteiger partial charge in [0.25, 0.3) is 0 Å². The van der Waals surface area contributed by atoms with Gasteiger partial charge in [-0.25, -0.2) is 4.79 Å². The zero-order valence-electron chi connectivity index (χ0n) is 17.2. The number of carbonyl (C=O) groups is 2. The first kappa shape index (κ1) is 21.2. The number of rotatable bonds is 4. The summed E-state index contributed by atoms with van der Waals surface area (Å²) in [5, 5.41) is 2.78. The molecule has 2 rings (SSSR count). The summed E-state index contributed by atoms with van der Waals surface area (Å²) >= 11 is 0. The molecule has 1 heterocycles. The third-order valence-electron chi connectivity index (χ3n) is 4.43. The van der Waals surface area contributed by atoms with Gasteiger partial charge in [-0.2, -0.15) is 0 Å². The molecule has 1 aromatic rings. The second-order valence-electron chi connectivity index (χ2n) is 8.77. The van der Waals surface area contributed by atoms with Crippen molar-refractivity contribution in [2.75, 3.05) is 13.2 Å². The van der Waals surface area contributed by atoms with Gasteiger partial charge in [-0.05, 0) is 47.1 Å². The number of nitrogens with zero attached hydrogens (tertiary/aromatic N) is 1. The van der Waals surface area contributed by atoms with Gasteiger partial charge in [0.05, 0.1) is 18.2 Å². The minimum Gasteiger partial charge on any atom is -0.444 e. The van der Waals surface area contributed by atoms with Crippen LogP contribution < -0.4 is 5.32 Å². The maximum Gasteiger partial charge on any atom is 0.408 e. The molecule has 2 unspecified atom stereocenters. The van der Waals surface area contributed by atoms with Crippen LogP contribution in [0.2, 0.25) is 0 Å². The first-order valence-electron chi connectivity index (χ1n) is 9.44. The molecule has 0 spiro atoms. The Balaban J connectivity index is 2.22. The van der Waals surface area contributed by atoms with Gasteiger partial charge in [0.15, 0.2) is 0 Å². The van der Waals surface area contributed by atoms with Crippen LogP contribution in [-0.2, 0) is 20.7 Å². The number of ether oxygens (including phenoxy) is 2. The Morgan fingerprint density at radius 3 is 2.52 bits per heavy atom. The van der Waals surface area contributed by atoms with Crippen LogP contribution in [0.5, 0.6) is 0 Å². The summed E-state index contributed by atoms with van der Waals surface area (Å²) in [5.41, 5.74) is -0.0864. The molecule has 27 heavy (non-hydrogen) atoms. The van der Waals surface area contributed by atoms with Crippen molar-refractivity contribution >= 4 is 12.0 Å². The molecule has 1 fully saturated rings. The Kier molecular flexibility index (Phi) is 6.52. The Hall–Kier alpha value is -2.08. The van der Waals surface area contributed by atoms with Crippen molar-refractivity contribution < 1.29 is 19.1 Å². The molecule has 1 N–H and O–H groups in total. The van der Waals surface area contributed by atoms with Gasteiger partial charge in [0.1, 0.15) is 11.6 Å². The number of benzene rings is 1. The molecule has 1 aliphatic heterocycles. The number of hydrogen-bond acceptors (Lipinski definition) is 4. The van der Waals surface area contributed by atoms with Crippen molar-refractivity contribution in [2.45, 2.75) is 71.2 Å². The van der Waals surface area contributed by atoms with E-state index in [2.05, 4.69) is 5.32 Å². The Bertz CT molecular complexity index is 652. The highest BCUT2D eigenvalue weighted by Gasteiger charge is 2.40. The van der Waals surface area contributed by atoms with E-state index >= 15 is 0 Å². The number of nitrogens with one attached hydrogen (secondary N) is 1. The third kappa shape index (κ3) is 6.24. The monoisotopic (exact) mass is 376 g/mol. The van der Waals surface area contributed by atoms with E-state index in [0.29, 0.717) is 19.6 Å². The van der Waals surface area contributed by atoms with Crippen LogP contribution in [0.3, 0.4) is 0 Å². The lowest BCUT2D eigenvalue weighted by Crippen LogP contribution is -2.62. The van der Waals surface area contributed by atoms with Gasteiger partial charge in [-0.3, -0.25) is 4.79 Å². The van der Waals surface area contributed by atoms with Crippen molar-refractivity contribution in [3.63, 3.8) is 0 Å². The molecule has 150 valence electrons. The van der Waals surface area contributed by atoms with Gasteiger partial charge < -0.3 is 19.7 Å². The Labute approximate surface area is 162 Å². The van der Waals surface area contributed by atoms with Crippen molar-refractivity contribution in [1.82, 2.24) is 10.2 Å². The molecule has 0 aliphatic carbocycles. The van der Waals surface area contributed by atoms with Crippen LogP contribution >= 0.6 is 0 Å². The number of hydrogen-bond donors (Lipinski definition) is 1. The molecule has 1 saturated heterocycles. The standard InChI is InChI=1S/C21H32N2O4/c1-15-13-23(21(5,6)14-26-15)18(24)17(12-16-10-8-7-9-11-16)22-19(25)27-20(2,3)4/h7-11,15,17H,12-14H2,1-6H3,(H,22,25). The number of carbonyl (C=O) groups excluding carboxylic acids is 2. The van der Waals surface area contributed by atoms with E-state index in [0.717, 1.165) is 5.56 Å². The smallest absolute Gasteiger partial charge is 0.408 e. The molecule has 2 atom stereocenters. The minimum atomic E-state index is -0.702. The Morgan fingerprint density at radius 1 is 1.30 bits per heavy atom. The zero-order valence-corrected chi connectivity index (χ0v) is 17.2. The fourth-order valence-corrected chi connectivity index (χ4v) is 3.06. The van der Waals surface area contributed by atoms with Crippen LogP contribution in [-0.4, -0.2) is 53.3 Å².